The molecule has 1 N–H and O–H groups in total. The zero-order valence-electron chi connectivity index (χ0n) is 13.3. The Hall–Kier alpha value is -0.910. The summed E-state index contributed by atoms with van der Waals surface area (Å²) in [4.78, 5) is 16.4. The van der Waals surface area contributed by atoms with E-state index in [2.05, 4.69) is 34.7 Å². The summed E-state index contributed by atoms with van der Waals surface area (Å²) >= 11 is 1.76. The van der Waals surface area contributed by atoms with E-state index in [0.717, 1.165) is 51.9 Å². The quantitative estimate of drug-likeness (QED) is 0.905. The van der Waals surface area contributed by atoms with Gasteiger partial charge in [0, 0.05) is 36.6 Å². The highest BCUT2D eigenvalue weighted by Crippen LogP contribution is 2.25. The molecule has 2 saturated heterocycles. The van der Waals surface area contributed by atoms with Crippen molar-refractivity contribution in [3.05, 3.63) is 22.4 Å². The fourth-order valence-electron chi connectivity index (χ4n) is 3.64. The van der Waals surface area contributed by atoms with Crippen LogP contribution in [0.3, 0.4) is 0 Å². The van der Waals surface area contributed by atoms with E-state index in [1.54, 1.807) is 11.3 Å². The summed E-state index contributed by atoms with van der Waals surface area (Å²) in [6, 6.07) is 4.99. The van der Waals surface area contributed by atoms with E-state index in [4.69, 9.17) is 4.74 Å². The van der Waals surface area contributed by atoms with Gasteiger partial charge in [-0.05, 0) is 50.6 Å². The van der Waals surface area contributed by atoms with E-state index in [9.17, 15) is 4.79 Å². The number of ether oxygens (including phenoxy) is 1. The Morgan fingerprint density at radius 2 is 2.27 bits per heavy atom. The number of thiophene rings is 1. The summed E-state index contributed by atoms with van der Waals surface area (Å²) in [5.41, 5.74) is 0. The molecular formula is C17H26N2O2S. The summed E-state index contributed by atoms with van der Waals surface area (Å²) in [5.74, 6) is 0.216. The van der Waals surface area contributed by atoms with Gasteiger partial charge in [-0.25, -0.2) is 0 Å². The van der Waals surface area contributed by atoms with Crippen molar-refractivity contribution in [3.8, 4) is 0 Å². The second kappa shape index (κ2) is 7.57. The van der Waals surface area contributed by atoms with Gasteiger partial charge in [0.15, 0.2) is 0 Å². The maximum Gasteiger partial charge on any atom is 0.237 e. The number of nitrogens with one attached hydrogen (secondary N) is 1. The molecule has 0 bridgehead atoms. The molecule has 2 fully saturated rings. The first kappa shape index (κ1) is 16.0. The van der Waals surface area contributed by atoms with E-state index in [-0.39, 0.29) is 18.0 Å². The van der Waals surface area contributed by atoms with Crippen LogP contribution in [0.15, 0.2) is 17.5 Å². The van der Waals surface area contributed by atoms with Crippen LogP contribution in [0, 0.1) is 0 Å². The molecule has 0 spiro atoms. The van der Waals surface area contributed by atoms with Crippen molar-refractivity contribution in [3.63, 3.8) is 0 Å². The predicted octanol–water partition coefficient (Wildman–Crippen LogP) is 2.44. The smallest absolute Gasteiger partial charge is 0.237 e. The molecule has 5 heteroatoms. The minimum Gasteiger partial charge on any atom is -0.381 e. The van der Waals surface area contributed by atoms with Crippen molar-refractivity contribution in [2.75, 3.05) is 19.8 Å². The second-order valence-corrected chi connectivity index (χ2v) is 7.46. The first-order valence-corrected chi connectivity index (χ1v) is 9.28. The summed E-state index contributed by atoms with van der Waals surface area (Å²) in [7, 11) is 0. The molecule has 1 amide bonds. The fourth-order valence-corrected chi connectivity index (χ4v) is 4.48. The molecule has 0 saturated carbocycles. The van der Waals surface area contributed by atoms with Crippen molar-refractivity contribution in [1.82, 2.24) is 10.2 Å². The van der Waals surface area contributed by atoms with Gasteiger partial charge in [0.2, 0.25) is 5.91 Å². The lowest BCUT2D eigenvalue weighted by molar-refractivity contribution is -0.127. The molecule has 0 aliphatic carbocycles. The summed E-state index contributed by atoms with van der Waals surface area (Å²) < 4.78 is 5.45. The summed E-state index contributed by atoms with van der Waals surface area (Å²) in [6.45, 7) is 4.84. The molecule has 2 aliphatic rings. The number of hydrogen-bond acceptors (Lipinski definition) is 4. The van der Waals surface area contributed by atoms with Crippen LogP contribution >= 0.6 is 11.3 Å². The van der Waals surface area contributed by atoms with Gasteiger partial charge in [0.05, 0.1) is 6.04 Å². The predicted molar refractivity (Wildman–Crippen MR) is 89.2 cm³/mol. The Morgan fingerprint density at radius 1 is 1.45 bits per heavy atom. The Bertz CT molecular complexity index is 471. The largest absolute Gasteiger partial charge is 0.381 e. The van der Waals surface area contributed by atoms with Crippen molar-refractivity contribution in [2.24, 2.45) is 0 Å². The SMILES string of the molecule is C[C@H](Cc1cccs1)NC(=O)[C@H]1CCCN1C1CCOCC1. The van der Waals surface area contributed by atoms with Gasteiger partial charge >= 0.3 is 0 Å². The molecule has 122 valence electrons. The number of carbonyl (C=O) groups excluding carboxylic acids is 1. The molecule has 1 aromatic rings. The van der Waals surface area contributed by atoms with Crippen LogP contribution in [0.5, 0.6) is 0 Å². The van der Waals surface area contributed by atoms with Crippen LogP contribution in [0.1, 0.15) is 37.5 Å². The van der Waals surface area contributed by atoms with Crippen LogP contribution in [0.25, 0.3) is 0 Å². The Kier molecular flexibility index (Phi) is 5.50. The highest BCUT2D eigenvalue weighted by atomic mass is 32.1. The minimum atomic E-state index is 0.0638. The highest BCUT2D eigenvalue weighted by molar-refractivity contribution is 7.09. The Balaban J connectivity index is 1.53. The molecule has 2 atom stereocenters. The molecular weight excluding hydrogens is 296 g/mol. The first-order valence-electron chi connectivity index (χ1n) is 8.40. The van der Waals surface area contributed by atoms with Crippen molar-refractivity contribution in [1.29, 1.82) is 0 Å². The van der Waals surface area contributed by atoms with Crippen molar-refractivity contribution in [2.45, 2.75) is 57.2 Å². The molecule has 0 aromatic carbocycles. The van der Waals surface area contributed by atoms with Gasteiger partial charge in [-0.1, -0.05) is 6.07 Å². The number of likely N-dealkylation sites (tertiary alicyclic amines) is 1. The Labute approximate surface area is 136 Å². The van der Waals surface area contributed by atoms with Crippen LogP contribution < -0.4 is 5.32 Å². The van der Waals surface area contributed by atoms with E-state index in [1.807, 2.05) is 0 Å². The molecule has 2 aliphatic heterocycles. The summed E-state index contributed by atoms with van der Waals surface area (Å²) in [6.07, 6.45) is 5.18. The third-order valence-electron chi connectivity index (χ3n) is 4.73. The lowest BCUT2D eigenvalue weighted by Gasteiger charge is -2.35. The maximum absolute atomic E-state index is 12.7. The van der Waals surface area contributed by atoms with E-state index >= 15 is 0 Å². The van der Waals surface area contributed by atoms with Crippen LogP contribution in [0.4, 0.5) is 0 Å². The molecule has 4 nitrogen and oxygen atoms in total. The van der Waals surface area contributed by atoms with Crippen LogP contribution in [0.2, 0.25) is 0 Å². The molecule has 1 aromatic heterocycles. The van der Waals surface area contributed by atoms with Crippen LogP contribution in [-0.4, -0.2) is 48.7 Å². The van der Waals surface area contributed by atoms with Crippen molar-refractivity contribution >= 4 is 17.2 Å². The van der Waals surface area contributed by atoms with Crippen LogP contribution in [-0.2, 0) is 16.0 Å². The number of nitrogens with zero attached hydrogens (tertiary/aromatic N) is 1. The zero-order valence-corrected chi connectivity index (χ0v) is 14.1. The van der Waals surface area contributed by atoms with E-state index in [1.165, 1.54) is 4.88 Å². The average molecular weight is 322 g/mol. The fraction of sp³-hybridized carbons (Fsp3) is 0.706. The maximum atomic E-state index is 12.7. The lowest BCUT2D eigenvalue weighted by atomic mass is 10.1. The van der Waals surface area contributed by atoms with Gasteiger partial charge in [-0.2, -0.15) is 0 Å². The Morgan fingerprint density at radius 3 is 3.00 bits per heavy atom. The number of amides is 1. The number of carbonyl (C=O) groups is 1. The average Bonchev–Trinajstić information content (AvgIpc) is 3.18. The molecule has 3 rings (SSSR count). The molecule has 22 heavy (non-hydrogen) atoms. The van der Waals surface area contributed by atoms with Gasteiger partial charge in [-0.3, -0.25) is 9.69 Å². The van der Waals surface area contributed by atoms with E-state index in [0.29, 0.717) is 6.04 Å². The number of hydrogen-bond donors (Lipinski definition) is 1. The normalized spacial score (nSPS) is 25.2. The lowest BCUT2D eigenvalue weighted by Crippen LogP contribution is -2.51. The third-order valence-corrected chi connectivity index (χ3v) is 5.63. The van der Waals surface area contributed by atoms with Gasteiger partial charge < -0.3 is 10.1 Å². The minimum absolute atomic E-state index is 0.0638. The van der Waals surface area contributed by atoms with Crippen molar-refractivity contribution < 1.29 is 9.53 Å². The van der Waals surface area contributed by atoms with Gasteiger partial charge in [0.25, 0.3) is 0 Å². The first-order chi connectivity index (χ1) is 10.7. The molecule has 0 unspecified atom stereocenters. The number of rotatable bonds is 5. The topological polar surface area (TPSA) is 41.6 Å². The summed E-state index contributed by atoms with van der Waals surface area (Å²) in [5, 5.41) is 5.31. The second-order valence-electron chi connectivity index (χ2n) is 6.43. The van der Waals surface area contributed by atoms with Gasteiger partial charge in [-0.15, -0.1) is 11.3 Å². The zero-order chi connectivity index (χ0) is 15.4. The highest BCUT2D eigenvalue weighted by Gasteiger charge is 2.36. The standard InChI is InChI=1S/C17H26N2O2S/c1-13(12-15-4-3-11-22-15)18-17(20)16-5-2-8-19(16)14-6-9-21-10-7-14/h3-4,11,13-14,16H,2,5-10,12H2,1H3,(H,18,20)/t13-,16-/m1/s1. The molecule has 3 heterocycles. The third kappa shape index (κ3) is 3.89. The van der Waals surface area contributed by atoms with E-state index < -0.39 is 0 Å². The molecule has 0 radical (unpaired) electrons. The van der Waals surface area contributed by atoms with Gasteiger partial charge in [0.1, 0.15) is 0 Å². The monoisotopic (exact) mass is 322 g/mol.